The van der Waals surface area contributed by atoms with E-state index in [1.54, 1.807) is 0 Å². The van der Waals surface area contributed by atoms with Crippen LogP contribution in [-0.4, -0.2) is 48.2 Å². The molecule has 0 bridgehead atoms. The first-order valence-corrected chi connectivity index (χ1v) is 17.8. The molecular weight excluding hydrogens is 476 g/mol. The first kappa shape index (κ1) is 34.3. The van der Waals surface area contributed by atoms with Crippen LogP contribution in [0.3, 0.4) is 0 Å². The highest BCUT2D eigenvalue weighted by atomic mass is 28.4. The van der Waals surface area contributed by atoms with Crippen molar-refractivity contribution in [3.05, 3.63) is 29.8 Å². The molecule has 0 fully saturated rings. The third-order valence-electron chi connectivity index (χ3n) is 7.12. The predicted octanol–water partition coefficient (Wildman–Crippen LogP) is 8.49. The third-order valence-corrected chi connectivity index (χ3v) is 10.8. The molecule has 216 valence electrons. The summed E-state index contributed by atoms with van der Waals surface area (Å²) in [5.41, 5.74) is 1.43. The lowest BCUT2D eigenvalue weighted by atomic mass is 10.0. The van der Waals surface area contributed by atoms with Crippen molar-refractivity contribution in [1.82, 2.24) is 0 Å². The zero-order valence-electron chi connectivity index (χ0n) is 25.0. The summed E-state index contributed by atoms with van der Waals surface area (Å²) in [4.78, 5) is 0. The number of benzene rings is 1. The molecule has 0 atom stereocenters. The molecule has 0 aromatic heterocycles. The molecule has 0 N–H and O–H groups in total. The van der Waals surface area contributed by atoms with Crippen molar-refractivity contribution in [3.8, 4) is 0 Å². The maximum Gasteiger partial charge on any atom is 0.372 e. The lowest BCUT2D eigenvalue weighted by molar-refractivity contribution is 0.0685. The van der Waals surface area contributed by atoms with Gasteiger partial charge in [-0.2, -0.15) is 0 Å². The van der Waals surface area contributed by atoms with Crippen molar-refractivity contribution in [2.45, 2.75) is 130 Å². The summed E-state index contributed by atoms with van der Waals surface area (Å²) >= 11 is 0. The largest absolute Gasteiger partial charge is 0.389 e. The van der Waals surface area contributed by atoms with Crippen LogP contribution in [0.4, 0.5) is 0 Å². The highest BCUT2D eigenvalue weighted by Gasteiger charge is 2.41. The Labute approximate surface area is 231 Å². The standard InChI is InChI=1S/C32H60O4Si/c1-5-9-11-13-15-17-19-23-31-24-20-21-25-32(31)37(35-28-26-33-7-3,36-29-27-34-8-4)30-22-18-16-14-12-10-6-2/h20-21,24-25H,5-19,22-23,26-30H2,1-4H3. The molecule has 37 heavy (non-hydrogen) atoms. The Morgan fingerprint density at radius 1 is 0.541 bits per heavy atom. The molecule has 0 unspecified atom stereocenters. The van der Waals surface area contributed by atoms with E-state index in [4.69, 9.17) is 18.3 Å². The SMILES string of the molecule is CCCCCCCCCc1ccccc1[Si](CCCCCCCCC)(OCCOCC)OCCOCC. The van der Waals surface area contributed by atoms with Crippen LogP contribution in [0.1, 0.15) is 123 Å². The van der Waals surface area contributed by atoms with Gasteiger partial charge in [-0.1, -0.05) is 122 Å². The first-order chi connectivity index (χ1) is 18.2. The topological polar surface area (TPSA) is 36.9 Å². The van der Waals surface area contributed by atoms with E-state index in [0.29, 0.717) is 26.4 Å². The van der Waals surface area contributed by atoms with E-state index in [0.717, 1.165) is 32.1 Å². The fraction of sp³-hybridized carbons (Fsp3) is 0.812. The Morgan fingerprint density at radius 2 is 1.03 bits per heavy atom. The van der Waals surface area contributed by atoms with Gasteiger partial charge in [0, 0.05) is 13.2 Å². The lowest BCUT2D eigenvalue weighted by Gasteiger charge is -2.33. The normalized spacial score (nSPS) is 11.9. The van der Waals surface area contributed by atoms with Crippen LogP contribution in [0.2, 0.25) is 6.04 Å². The Kier molecular flexibility index (Phi) is 22.6. The van der Waals surface area contributed by atoms with Crippen molar-refractivity contribution < 1.29 is 18.3 Å². The minimum Gasteiger partial charge on any atom is -0.389 e. The summed E-state index contributed by atoms with van der Waals surface area (Å²) in [5.74, 6) is 0. The number of hydrogen-bond donors (Lipinski definition) is 0. The zero-order valence-corrected chi connectivity index (χ0v) is 26.0. The number of hydrogen-bond acceptors (Lipinski definition) is 4. The third kappa shape index (κ3) is 16.1. The highest BCUT2D eigenvalue weighted by molar-refractivity contribution is 6.81. The van der Waals surface area contributed by atoms with Gasteiger partial charge in [-0.3, -0.25) is 0 Å². The van der Waals surface area contributed by atoms with Crippen LogP contribution in [0.15, 0.2) is 24.3 Å². The minimum atomic E-state index is -2.64. The molecule has 0 radical (unpaired) electrons. The lowest BCUT2D eigenvalue weighted by Crippen LogP contribution is -2.56. The van der Waals surface area contributed by atoms with Crippen LogP contribution >= 0.6 is 0 Å². The summed E-state index contributed by atoms with van der Waals surface area (Å²) in [6.45, 7) is 12.5. The van der Waals surface area contributed by atoms with Crippen molar-refractivity contribution >= 4 is 13.7 Å². The highest BCUT2D eigenvalue weighted by Crippen LogP contribution is 2.23. The van der Waals surface area contributed by atoms with Crippen molar-refractivity contribution in [3.63, 3.8) is 0 Å². The van der Waals surface area contributed by atoms with E-state index in [1.807, 2.05) is 13.8 Å². The molecule has 0 aliphatic carbocycles. The Morgan fingerprint density at radius 3 is 1.57 bits per heavy atom. The van der Waals surface area contributed by atoms with Gasteiger partial charge in [-0.15, -0.1) is 0 Å². The van der Waals surface area contributed by atoms with Gasteiger partial charge in [0.25, 0.3) is 0 Å². The smallest absolute Gasteiger partial charge is 0.372 e. The van der Waals surface area contributed by atoms with E-state index >= 15 is 0 Å². The van der Waals surface area contributed by atoms with Gasteiger partial charge in [0.15, 0.2) is 0 Å². The van der Waals surface area contributed by atoms with Crippen LogP contribution in [0.25, 0.3) is 0 Å². The van der Waals surface area contributed by atoms with E-state index < -0.39 is 8.56 Å². The maximum atomic E-state index is 6.79. The molecule has 5 heteroatoms. The van der Waals surface area contributed by atoms with Gasteiger partial charge in [0.05, 0.1) is 26.4 Å². The van der Waals surface area contributed by atoms with Crippen LogP contribution < -0.4 is 5.19 Å². The average Bonchev–Trinajstić information content (AvgIpc) is 2.92. The second kappa shape index (κ2) is 24.3. The molecule has 0 saturated carbocycles. The molecule has 1 aromatic rings. The Balaban J connectivity index is 2.95. The van der Waals surface area contributed by atoms with E-state index in [9.17, 15) is 0 Å². The van der Waals surface area contributed by atoms with Crippen LogP contribution in [0, 0.1) is 0 Å². The van der Waals surface area contributed by atoms with Crippen LogP contribution in [-0.2, 0) is 24.7 Å². The molecule has 0 aliphatic rings. The molecule has 0 aliphatic heterocycles. The quantitative estimate of drug-likeness (QED) is 0.0834. The molecule has 0 amide bonds. The zero-order chi connectivity index (χ0) is 26.9. The van der Waals surface area contributed by atoms with Crippen molar-refractivity contribution in [1.29, 1.82) is 0 Å². The second-order valence-corrected chi connectivity index (χ2v) is 13.4. The summed E-state index contributed by atoms with van der Waals surface area (Å²) in [5, 5.41) is 1.35. The van der Waals surface area contributed by atoms with Gasteiger partial charge < -0.3 is 18.3 Å². The Bertz CT molecular complexity index is 613. The summed E-state index contributed by atoms with van der Waals surface area (Å²) in [6, 6.07) is 9.98. The average molecular weight is 537 g/mol. The number of rotatable bonds is 27. The monoisotopic (exact) mass is 536 g/mol. The fourth-order valence-electron chi connectivity index (χ4n) is 4.99. The molecule has 1 aromatic carbocycles. The Hall–Kier alpha value is -0.723. The molecular formula is C32H60O4Si. The second-order valence-electron chi connectivity index (χ2n) is 10.2. The molecule has 1 rings (SSSR count). The number of ether oxygens (including phenoxy) is 2. The summed E-state index contributed by atoms with van der Waals surface area (Å²) < 4.78 is 24.9. The fourth-order valence-corrected chi connectivity index (χ4v) is 8.53. The first-order valence-electron chi connectivity index (χ1n) is 15.8. The van der Waals surface area contributed by atoms with E-state index in [-0.39, 0.29) is 0 Å². The van der Waals surface area contributed by atoms with Gasteiger partial charge in [-0.25, -0.2) is 0 Å². The van der Waals surface area contributed by atoms with Crippen molar-refractivity contribution in [2.24, 2.45) is 0 Å². The van der Waals surface area contributed by atoms with E-state index in [1.165, 1.54) is 94.2 Å². The molecule has 0 spiro atoms. The van der Waals surface area contributed by atoms with Gasteiger partial charge in [0.2, 0.25) is 0 Å². The molecule has 0 heterocycles. The van der Waals surface area contributed by atoms with Gasteiger partial charge >= 0.3 is 8.56 Å². The maximum absolute atomic E-state index is 6.79. The predicted molar refractivity (Wildman–Crippen MR) is 161 cm³/mol. The number of aryl methyl sites for hydroxylation is 1. The molecule has 0 saturated heterocycles. The minimum absolute atomic E-state index is 0.594. The van der Waals surface area contributed by atoms with Gasteiger partial charge in [0.1, 0.15) is 0 Å². The molecule has 4 nitrogen and oxygen atoms in total. The van der Waals surface area contributed by atoms with Crippen molar-refractivity contribution in [2.75, 3.05) is 39.6 Å². The van der Waals surface area contributed by atoms with Gasteiger partial charge in [-0.05, 0) is 43.5 Å². The van der Waals surface area contributed by atoms with E-state index in [2.05, 4.69) is 38.1 Å². The number of unbranched alkanes of at least 4 members (excludes halogenated alkanes) is 12. The summed E-state index contributed by atoms with van der Waals surface area (Å²) in [7, 11) is -2.64. The van der Waals surface area contributed by atoms with Crippen LogP contribution in [0.5, 0.6) is 0 Å². The summed E-state index contributed by atoms with van der Waals surface area (Å²) in [6.07, 6.45) is 19.5.